The molecular weight excluding hydrogens is 366 g/mol. The molecule has 0 saturated carbocycles. The molecule has 1 amide bonds. The van der Waals surface area contributed by atoms with E-state index in [4.69, 9.17) is 15.6 Å². The van der Waals surface area contributed by atoms with Gasteiger partial charge in [0.25, 0.3) is 0 Å². The number of amides is 1. The van der Waals surface area contributed by atoms with Crippen molar-refractivity contribution >= 4 is 16.8 Å². The van der Waals surface area contributed by atoms with Crippen LogP contribution in [-0.2, 0) is 17.8 Å². The van der Waals surface area contributed by atoms with Gasteiger partial charge in [-0.1, -0.05) is 24.3 Å². The van der Waals surface area contributed by atoms with Crippen LogP contribution in [-0.4, -0.2) is 65.8 Å². The first-order valence-corrected chi connectivity index (χ1v) is 9.87. The smallest absolute Gasteiger partial charge is 0.221 e. The molecule has 0 bridgehead atoms. The maximum Gasteiger partial charge on any atom is 0.221 e. The van der Waals surface area contributed by atoms with Crippen LogP contribution < -0.4 is 10.5 Å². The predicted molar refractivity (Wildman–Crippen MR) is 113 cm³/mol. The molecule has 4 rings (SSSR count). The van der Waals surface area contributed by atoms with E-state index in [2.05, 4.69) is 29.0 Å². The summed E-state index contributed by atoms with van der Waals surface area (Å²) < 4.78 is 7.51. The average molecular weight is 393 g/mol. The molecule has 7 heteroatoms. The van der Waals surface area contributed by atoms with Gasteiger partial charge in [-0.3, -0.25) is 9.69 Å². The van der Waals surface area contributed by atoms with Crippen LogP contribution in [0.4, 0.5) is 0 Å². The summed E-state index contributed by atoms with van der Waals surface area (Å²) in [5.41, 5.74) is 9.11. The SMILES string of the molecule is COc1cc(-n2cc3cccc(CC(N)=O)c3n2)ccc1CN1CCN(C)CC1. The zero-order valence-electron chi connectivity index (χ0n) is 17.0. The number of rotatable bonds is 6. The van der Waals surface area contributed by atoms with Gasteiger partial charge in [0.15, 0.2) is 0 Å². The van der Waals surface area contributed by atoms with E-state index in [0.29, 0.717) is 0 Å². The maximum atomic E-state index is 11.4. The third-order valence-corrected chi connectivity index (χ3v) is 5.51. The molecule has 1 fully saturated rings. The lowest BCUT2D eigenvalue weighted by Gasteiger charge is -2.32. The predicted octanol–water partition coefficient (Wildman–Crippen LogP) is 1.81. The number of hydrogen-bond donors (Lipinski definition) is 1. The molecule has 0 aliphatic carbocycles. The maximum absolute atomic E-state index is 11.4. The van der Waals surface area contributed by atoms with Gasteiger partial charge in [0.05, 0.1) is 24.7 Å². The number of hydrogen-bond acceptors (Lipinski definition) is 5. The fourth-order valence-corrected chi connectivity index (χ4v) is 3.82. The lowest BCUT2D eigenvalue weighted by atomic mass is 10.1. The van der Waals surface area contributed by atoms with Crippen LogP contribution in [0.3, 0.4) is 0 Å². The van der Waals surface area contributed by atoms with Gasteiger partial charge in [-0.05, 0) is 18.7 Å². The standard InChI is InChI=1S/C22H27N5O2/c1-25-8-10-26(11-9-25)14-17-6-7-19(13-20(17)29-2)27-15-18-5-3-4-16(12-21(23)28)22(18)24-27/h3-7,13,15H,8-12,14H2,1-2H3,(H2,23,28). The molecule has 0 unspecified atom stereocenters. The Kier molecular flexibility index (Phi) is 5.51. The summed E-state index contributed by atoms with van der Waals surface area (Å²) in [7, 11) is 3.87. The fraction of sp³-hybridized carbons (Fsp3) is 0.364. The van der Waals surface area contributed by atoms with E-state index >= 15 is 0 Å². The minimum atomic E-state index is -0.359. The van der Waals surface area contributed by atoms with Gasteiger partial charge in [0.2, 0.25) is 5.91 Å². The molecule has 2 heterocycles. The second-order valence-corrected chi connectivity index (χ2v) is 7.65. The Bertz CT molecular complexity index is 1020. The monoisotopic (exact) mass is 393 g/mol. The van der Waals surface area contributed by atoms with Crippen molar-refractivity contribution in [1.82, 2.24) is 19.6 Å². The zero-order valence-corrected chi connectivity index (χ0v) is 17.0. The third kappa shape index (κ3) is 4.26. The number of benzene rings is 2. The van der Waals surface area contributed by atoms with Gasteiger partial charge >= 0.3 is 0 Å². The summed E-state index contributed by atoms with van der Waals surface area (Å²) in [5, 5.41) is 5.68. The van der Waals surface area contributed by atoms with Crippen molar-refractivity contribution < 1.29 is 9.53 Å². The van der Waals surface area contributed by atoms with E-state index in [9.17, 15) is 4.79 Å². The molecule has 2 aromatic carbocycles. The molecule has 1 aromatic heterocycles. The molecule has 0 spiro atoms. The number of likely N-dealkylation sites (N-methyl/N-ethyl adjacent to an activating group) is 1. The van der Waals surface area contributed by atoms with Crippen molar-refractivity contribution in [2.75, 3.05) is 40.3 Å². The third-order valence-electron chi connectivity index (χ3n) is 5.51. The number of nitrogens with two attached hydrogens (primary N) is 1. The lowest BCUT2D eigenvalue weighted by Crippen LogP contribution is -2.43. The van der Waals surface area contributed by atoms with Crippen molar-refractivity contribution in [3.8, 4) is 11.4 Å². The van der Waals surface area contributed by atoms with Gasteiger partial charge in [0, 0.05) is 55.9 Å². The molecule has 1 aliphatic rings. The van der Waals surface area contributed by atoms with Crippen LogP contribution in [0.2, 0.25) is 0 Å². The molecule has 1 saturated heterocycles. The quantitative estimate of drug-likeness (QED) is 0.691. The second-order valence-electron chi connectivity index (χ2n) is 7.65. The summed E-state index contributed by atoms with van der Waals surface area (Å²) in [6.07, 6.45) is 2.15. The lowest BCUT2D eigenvalue weighted by molar-refractivity contribution is -0.117. The van der Waals surface area contributed by atoms with E-state index in [1.165, 1.54) is 5.56 Å². The van der Waals surface area contributed by atoms with E-state index in [1.807, 2.05) is 35.1 Å². The summed E-state index contributed by atoms with van der Waals surface area (Å²) in [6, 6.07) is 12.0. The minimum Gasteiger partial charge on any atom is -0.496 e. The Balaban J connectivity index is 1.61. The van der Waals surface area contributed by atoms with Gasteiger partial charge < -0.3 is 15.4 Å². The first kappa shape index (κ1) is 19.4. The van der Waals surface area contributed by atoms with Crippen LogP contribution in [0.25, 0.3) is 16.6 Å². The molecule has 0 radical (unpaired) electrons. The first-order valence-electron chi connectivity index (χ1n) is 9.87. The average Bonchev–Trinajstić information content (AvgIpc) is 3.15. The first-order chi connectivity index (χ1) is 14.0. The number of carbonyl (C=O) groups excluding carboxylic acids is 1. The van der Waals surface area contributed by atoms with Gasteiger partial charge in [-0.25, -0.2) is 4.68 Å². The number of nitrogens with zero attached hydrogens (tertiary/aromatic N) is 4. The van der Waals surface area contributed by atoms with E-state index < -0.39 is 0 Å². The molecule has 0 atom stereocenters. The van der Waals surface area contributed by atoms with E-state index in [0.717, 1.165) is 60.6 Å². The number of aromatic nitrogens is 2. The molecule has 1 aliphatic heterocycles. The van der Waals surface area contributed by atoms with Gasteiger partial charge in [-0.15, -0.1) is 0 Å². The van der Waals surface area contributed by atoms with E-state index in [-0.39, 0.29) is 12.3 Å². The van der Waals surface area contributed by atoms with Crippen LogP contribution >= 0.6 is 0 Å². The summed E-state index contributed by atoms with van der Waals surface area (Å²) >= 11 is 0. The normalized spacial score (nSPS) is 15.7. The highest BCUT2D eigenvalue weighted by Crippen LogP contribution is 2.26. The van der Waals surface area contributed by atoms with E-state index in [1.54, 1.807) is 7.11 Å². The van der Waals surface area contributed by atoms with Crippen LogP contribution in [0, 0.1) is 0 Å². The second kappa shape index (κ2) is 8.23. The number of fused-ring (bicyclic) bond motifs is 1. The molecule has 29 heavy (non-hydrogen) atoms. The molecule has 2 N–H and O–H groups in total. The highest BCUT2D eigenvalue weighted by atomic mass is 16.5. The summed E-state index contributed by atoms with van der Waals surface area (Å²) in [4.78, 5) is 16.2. The number of carbonyl (C=O) groups is 1. The largest absolute Gasteiger partial charge is 0.496 e. The highest BCUT2D eigenvalue weighted by molar-refractivity contribution is 5.87. The Labute approximate surface area is 170 Å². The number of piperazine rings is 1. The van der Waals surface area contributed by atoms with Crippen molar-refractivity contribution in [2.24, 2.45) is 5.73 Å². The minimum absolute atomic E-state index is 0.182. The number of ether oxygens (including phenoxy) is 1. The molecular formula is C22H27N5O2. The Morgan fingerprint density at radius 2 is 1.93 bits per heavy atom. The summed E-state index contributed by atoms with van der Waals surface area (Å²) in [6.45, 7) is 5.19. The van der Waals surface area contributed by atoms with Crippen LogP contribution in [0.1, 0.15) is 11.1 Å². The molecule has 7 nitrogen and oxygen atoms in total. The van der Waals surface area contributed by atoms with Crippen molar-refractivity contribution in [1.29, 1.82) is 0 Å². The van der Waals surface area contributed by atoms with Crippen LogP contribution in [0.15, 0.2) is 42.6 Å². The number of primary amides is 1. The van der Waals surface area contributed by atoms with Gasteiger partial charge in [-0.2, -0.15) is 5.10 Å². The van der Waals surface area contributed by atoms with Crippen molar-refractivity contribution in [3.05, 3.63) is 53.7 Å². The highest BCUT2D eigenvalue weighted by Gasteiger charge is 2.16. The fourth-order valence-electron chi connectivity index (χ4n) is 3.82. The number of methoxy groups -OCH3 is 1. The Morgan fingerprint density at radius 1 is 1.14 bits per heavy atom. The molecule has 152 valence electrons. The molecule has 3 aromatic rings. The van der Waals surface area contributed by atoms with Crippen LogP contribution in [0.5, 0.6) is 5.75 Å². The zero-order chi connectivity index (χ0) is 20.4. The van der Waals surface area contributed by atoms with Crippen molar-refractivity contribution in [2.45, 2.75) is 13.0 Å². The topological polar surface area (TPSA) is 76.6 Å². The Morgan fingerprint density at radius 3 is 2.66 bits per heavy atom. The van der Waals surface area contributed by atoms with Crippen molar-refractivity contribution in [3.63, 3.8) is 0 Å². The summed E-state index contributed by atoms with van der Waals surface area (Å²) in [5.74, 6) is 0.500. The Hall–Kier alpha value is -2.90. The van der Waals surface area contributed by atoms with Gasteiger partial charge in [0.1, 0.15) is 5.75 Å².